The number of carbonyl (C=O) groups excluding carboxylic acids is 2. The molecule has 4 N–H and O–H groups in total. The molecule has 0 unspecified atom stereocenters. The molecule has 0 bridgehead atoms. The summed E-state index contributed by atoms with van der Waals surface area (Å²) in [6, 6.07) is 8.71. The number of benzene rings is 2. The molecule has 0 saturated carbocycles. The van der Waals surface area contributed by atoms with Crippen molar-refractivity contribution in [3.8, 4) is 5.69 Å². The lowest BCUT2D eigenvalue weighted by Crippen LogP contribution is -2.48. The molecule has 4 amide bonds. The number of alkyl halides is 3. The van der Waals surface area contributed by atoms with Crippen LogP contribution in [0.15, 0.2) is 55.1 Å². The highest BCUT2D eigenvalue weighted by Crippen LogP contribution is 2.36. The number of fused-ring (bicyclic) bond motifs is 1. The Labute approximate surface area is 224 Å². The number of hydrogen-bond donors (Lipinski definition) is 4. The third-order valence-electron chi connectivity index (χ3n) is 5.90. The van der Waals surface area contributed by atoms with E-state index in [9.17, 15) is 22.8 Å². The second-order valence-electron chi connectivity index (χ2n) is 8.49. The molecule has 4 aromatic rings. The lowest BCUT2D eigenvalue weighted by molar-refractivity contribution is -0.137. The molecule has 202 valence electrons. The van der Waals surface area contributed by atoms with Crippen LogP contribution in [0.25, 0.3) is 16.9 Å². The Hall–Kier alpha value is -4.43. The Bertz CT molecular complexity index is 1520. The van der Waals surface area contributed by atoms with E-state index in [1.165, 1.54) is 18.7 Å². The number of urea groups is 2. The topological polar surface area (TPSA) is 129 Å². The molecule has 0 atom stereocenters. The smallest absolute Gasteiger partial charge is 0.322 e. The van der Waals surface area contributed by atoms with E-state index >= 15 is 0 Å². The van der Waals surface area contributed by atoms with E-state index in [0.717, 1.165) is 12.1 Å². The summed E-state index contributed by atoms with van der Waals surface area (Å²) in [7, 11) is 0. The van der Waals surface area contributed by atoms with Crippen LogP contribution in [0.5, 0.6) is 0 Å². The first kappa shape index (κ1) is 26.2. The summed E-state index contributed by atoms with van der Waals surface area (Å²) >= 11 is 5.62. The number of nitrogens with zero attached hydrogens (tertiary/aromatic N) is 5. The van der Waals surface area contributed by atoms with E-state index in [0.29, 0.717) is 48.7 Å². The summed E-state index contributed by atoms with van der Waals surface area (Å²) < 4.78 is 40.9. The summed E-state index contributed by atoms with van der Waals surface area (Å²) in [6.45, 7) is 2.60. The number of halogens is 4. The number of hydrogen-bond acceptors (Lipinski definition) is 6. The van der Waals surface area contributed by atoms with Gasteiger partial charge >= 0.3 is 18.2 Å². The summed E-state index contributed by atoms with van der Waals surface area (Å²) in [5.74, 6) is 0.285. The first-order valence-electron chi connectivity index (χ1n) is 11.7. The highest BCUT2D eigenvalue weighted by atomic mass is 35.5. The van der Waals surface area contributed by atoms with Crippen LogP contribution in [0.4, 0.5) is 40.0 Å². The number of imidazole rings is 1. The minimum atomic E-state index is -4.65. The van der Waals surface area contributed by atoms with Crippen LogP contribution in [0.3, 0.4) is 0 Å². The summed E-state index contributed by atoms with van der Waals surface area (Å²) in [4.78, 5) is 39.5. The van der Waals surface area contributed by atoms with Crippen molar-refractivity contribution in [1.29, 1.82) is 0 Å². The predicted octanol–water partition coefficient (Wildman–Crippen LogP) is 4.57. The van der Waals surface area contributed by atoms with E-state index in [2.05, 4.69) is 36.2 Å². The zero-order valence-electron chi connectivity index (χ0n) is 20.1. The van der Waals surface area contributed by atoms with Crippen LogP contribution in [0, 0.1) is 0 Å². The molecule has 15 heteroatoms. The van der Waals surface area contributed by atoms with Crippen LogP contribution in [0.2, 0.25) is 5.02 Å². The number of nitrogens with one attached hydrogen (secondary N) is 4. The molecule has 5 rings (SSSR count). The van der Waals surface area contributed by atoms with Crippen LogP contribution in [-0.4, -0.2) is 62.7 Å². The minimum Gasteiger partial charge on any atom is -0.322 e. The van der Waals surface area contributed by atoms with Gasteiger partial charge in [0.25, 0.3) is 0 Å². The van der Waals surface area contributed by atoms with Crippen molar-refractivity contribution >= 4 is 52.0 Å². The van der Waals surface area contributed by atoms with Crippen LogP contribution in [-0.2, 0) is 6.18 Å². The number of aromatic nitrogens is 4. The van der Waals surface area contributed by atoms with Crippen molar-refractivity contribution in [2.45, 2.75) is 6.18 Å². The molecule has 1 aliphatic rings. The van der Waals surface area contributed by atoms with Crippen molar-refractivity contribution in [2.24, 2.45) is 0 Å². The first-order chi connectivity index (χ1) is 18.7. The first-order valence-corrected chi connectivity index (χ1v) is 12.1. The van der Waals surface area contributed by atoms with Gasteiger partial charge < -0.3 is 20.9 Å². The van der Waals surface area contributed by atoms with Crippen molar-refractivity contribution in [3.63, 3.8) is 0 Å². The van der Waals surface area contributed by atoms with Gasteiger partial charge in [0.1, 0.15) is 12.7 Å². The molecular formula is C24H21ClF3N9O2. The average molecular weight is 560 g/mol. The number of rotatable bonds is 4. The number of anilines is 3. The van der Waals surface area contributed by atoms with Crippen molar-refractivity contribution in [3.05, 3.63) is 65.7 Å². The lowest BCUT2D eigenvalue weighted by atomic mass is 10.2. The van der Waals surface area contributed by atoms with Gasteiger partial charge in [-0.15, -0.1) is 0 Å². The Morgan fingerprint density at radius 2 is 1.62 bits per heavy atom. The van der Waals surface area contributed by atoms with Gasteiger partial charge in [-0.2, -0.15) is 13.2 Å². The molecule has 3 heterocycles. The second kappa shape index (κ2) is 10.7. The standard InChI is InChI=1S/C24H21ClF3N9O2/c25-18-6-3-15(11-17(18)24(26,27)28)34-22(38)33-14-1-4-16(5-2-14)37-13-32-19-20(30-12-31-21(19)37)35-23(39)36-9-7-29-8-10-36/h1-6,11-13,29H,7-10H2,(H2,33,34,38)(H,30,31,35,39). The zero-order valence-corrected chi connectivity index (χ0v) is 20.8. The minimum absolute atomic E-state index is 0.0646. The van der Waals surface area contributed by atoms with E-state index in [1.54, 1.807) is 33.7 Å². The Kier molecular flexibility index (Phi) is 7.21. The fourth-order valence-electron chi connectivity index (χ4n) is 3.98. The average Bonchev–Trinajstić information content (AvgIpc) is 3.35. The van der Waals surface area contributed by atoms with Gasteiger partial charge in [-0.05, 0) is 42.5 Å². The number of piperazine rings is 1. The maximum atomic E-state index is 13.1. The Balaban J connectivity index is 1.27. The third-order valence-corrected chi connectivity index (χ3v) is 6.23. The molecule has 0 aliphatic carbocycles. The van der Waals surface area contributed by atoms with Crippen molar-refractivity contribution in [2.75, 3.05) is 42.1 Å². The quantitative estimate of drug-likeness (QED) is 0.290. The van der Waals surface area contributed by atoms with Gasteiger partial charge in [-0.3, -0.25) is 9.88 Å². The molecular weight excluding hydrogens is 539 g/mol. The molecule has 39 heavy (non-hydrogen) atoms. The zero-order chi connectivity index (χ0) is 27.6. The SMILES string of the molecule is O=C(Nc1ccc(-n2cnc3c(NC(=O)N4CCNCC4)ncnc32)cc1)Nc1ccc(Cl)c(C(F)(F)F)c1. The van der Waals surface area contributed by atoms with Gasteiger partial charge in [0.2, 0.25) is 0 Å². The van der Waals surface area contributed by atoms with Crippen LogP contribution < -0.4 is 21.3 Å². The van der Waals surface area contributed by atoms with Crippen molar-refractivity contribution in [1.82, 2.24) is 29.7 Å². The highest BCUT2D eigenvalue weighted by Gasteiger charge is 2.33. The van der Waals surface area contributed by atoms with E-state index in [1.807, 2.05) is 0 Å². The number of amides is 4. The predicted molar refractivity (Wildman–Crippen MR) is 139 cm³/mol. The van der Waals surface area contributed by atoms with E-state index in [-0.39, 0.29) is 17.5 Å². The maximum Gasteiger partial charge on any atom is 0.417 e. The molecule has 11 nitrogen and oxygen atoms in total. The monoisotopic (exact) mass is 559 g/mol. The van der Waals surface area contributed by atoms with Gasteiger partial charge in [0.05, 0.1) is 10.6 Å². The molecule has 0 spiro atoms. The maximum absolute atomic E-state index is 13.1. The van der Waals surface area contributed by atoms with Crippen molar-refractivity contribution < 1.29 is 22.8 Å². The fourth-order valence-corrected chi connectivity index (χ4v) is 4.21. The fraction of sp³-hybridized carbons (Fsp3) is 0.208. The molecule has 1 saturated heterocycles. The molecule has 0 radical (unpaired) electrons. The van der Waals surface area contributed by atoms with Gasteiger partial charge in [-0.25, -0.2) is 24.5 Å². The molecule has 1 fully saturated rings. The number of carbonyl (C=O) groups is 2. The summed E-state index contributed by atoms with van der Waals surface area (Å²) in [5.41, 5.74) is 0.809. The van der Waals surface area contributed by atoms with E-state index < -0.39 is 22.8 Å². The third kappa shape index (κ3) is 5.86. The Morgan fingerprint density at radius 1 is 0.923 bits per heavy atom. The lowest BCUT2D eigenvalue weighted by Gasteiger charge is -2.27. The van der Waals surface area contributed by atoms with Crippen LogP contribution in [0.1, 0.15) is 5.56 Å². The summed E-state index contributed by atoms with van der Waals surface area (Å²) in [6.07, 6.45) is -1.79. The van der Waals surface area contributed by atoms with Crippen LogP contribution >= 0.6 is 11.6 Å². The molecule has 2 aromatic carbocycles. The molecule has 1 aliphatic heterocycles. The van der Waals surface area contributed by atoms with Gasteiger partial charge in [0.15, 0.2) is 17.0 Å². The summed E-state index contributed by atoms with van der Waals surface area (Å²) in [5, 5.41) is 10.4. The van der Waals surface area contributed by atoms with Gasteiger partial charge in [-0.1, -0.05) is 11.6 Å². The van der Waals surface area contributed by atoms with Gasteiger partial charge in [0, 0.05) is 43.2 Å². The normalized spacial score (nSPS) is 13.8. The largest absolute Gasteiger partial charge is 0.417 e. The Morgan fingerprint density at radius 3 is 2.33 bits per heavy atom. The molecule has 2 aromatic heterocycles. The highest BCUT2D eigenvalue weighted by molar-refractivity contribution is 6.31. The second-order valence-corrected chi connectivity index (χ2v) is 8.90. The van der Waals surface area contributed by atoms with E-state index in [4.69, 9.17) is 11.6 Å².